The molecule has 0 atom stereocenters. The van der Waals surface area contributed by atoms with E-state index in [4.69, 9.17) is 0 Å². The largest absolute Gasteiger partial charge is 0.368 e. The van der Waals surface area contributed by atoms with E-state index in [0.29, 0.717) is 0 Å². The van der Waals surface area contributed by atoms with Gasteiger partial charge < -0.3 is 9.80 Å². The van der Waals surface area contributed by atoms with Crippen LogP contribution in [0.25, 0.3) is 0 Å². The monoisotopic (exact) mass is 312 g/mol. The van der Waals surface area contributed by atoms with Gasteiger partial charge in [0.15, 0.2) is 0 Å². The number of nitro groups is 1. The lowest BCUT2D eigenvalue weighted by Crippen LogP contribution is -2.46. The normalized spacial score (nSPS) is 14.9. The van der Waals surface area contributed by atoms with Crippen molar-refractivity contribution in [3.05, 3.63) is 57.8 Å². The molecule has 0 amide bonds. The molecule has 0 N–H and O–H groups in total. The Labute approximate surface area is 135 Å². The lowest BCUT2D eigenvalue weighted by atomic mass is 10.1. The number of nitrogens with zero attached hydrogens (tertiary/aromatic N) is 4. The Morgan fingerprint density at radius 2 is 1.65 bits per heavy atom. The van der Waals surface area contributed by atoms with Gasteiger partial charge in [0.2, 0.25) is 0 Å². The molecule has 23 heavy (non-hydrogen) atoms. The average Bonchev–Trinajstić information content (AvgIpc) is 2.55. The van der Waals surface area contributed by atoms with E-state index in [-0.39, 0.29) is 10.6 Å². The first-order valence-corrected chi connectivity index (χ1v) is 7.73. The van der Waals surface area contributed by atoms with Crippen LogP contribution in [0.4, 0.5) is 17.2 Å². The molecule has 2 aromatic rings. The number of hydrogen-bond donors (Lipinski definition) is 0. The molecule has 1 aromatic carbocycles. The van der Waals surface area contributed by atoms with E-state index >= 15 is 0 Å². The van der Waals surface area contributed by atoms with E-state index in [1.165, 1.54) is 0 Å². The van der Waals surface area contributed by atoms with Crippen LogP contribution >= 0.6 is 0 Å². The van der Waals surface area contributed by atoms with E-state index in [1.54, 1.807) is 13.8 Å². The molecule has 0 aliphatic carbocycles. The quantitative estimate of drug-likeness (QED) is 0.644. The van der Waals surface area contributed by atoms with E-state index in [1.807, 2.05) is 36.5 Å². The molecule has 0 radical (unpaired) electrons. The number of benzene rings is 1. The minimum Gasteiger partial charge on any atom is -0.368 e. The van der Waals surface area contributed by atoms with Crippen LogP contribution in [-0.4, -0.2) is 36.1 Å². The summed E-state index contributed by atoms with van der Waals surface area (Å²) in [6.45, 7) is 7.16. The maximum absolute atomic E-state index is 11.1. The fraction of sp³-hybridized carbons (Fsp3) is 0.353. The predicted molar refractivity (Wildman–Crippen MR) is 91.2 cm³/mol. The van der Waals surface area contributed by atoms with E-state index in [0.717, 1.165) is 48.8 Å². The molecule has 1 aromatic heterocycles. The summed E-state index contributed by atoms with van der Waals surface area (Å²) in [6, 6.07) is 9.78. The molecule has 6 nitrogen and oxygen atoms in total. The fourth-order valence-corrected chi connectivity index (χ4v) is 3.14. The smallest absolute Gasteiger partial charge is 0.275 e. The van der Waals surface area contributed by atoms with E-state index < -0.39 is 0 Å². The Morgan fingerprint density at radius 1 is 1.04 bits per heavy atom. The van der Waals surface area contributed by atoms with Crippen LogP contribution < -0.4 is 9.80 Å². The lowest BCUT2D eigenvalue weighted by Gasteiger charge is -2.37. The van der Waals surface area contributed by atoms with E-state index in [2.05, 4.69) is 14.8 Å². The third-order valence-electron chi connectivity index (χ3n) is 4.28. The molecule has 1 aliphatic heterocycles. The maximum Gasteiger partial charge on any atom is 0.275 e. The van der Waals surface area contributed by atoms with Gasteiger partial charge in [-0.3, -0.25) is 10.1 Å². The van der Waals surface area contributed by atoms with Crippen LogP contribution in [0.15, 0.2) is 36.5 Å². The molecule has 6 heteroatoms. The number of hydrogen-bond acceptors (Lipinski definition) is 5. The Hall–Kier alpha value is -2.63. The molecule has 0 saturated carbocycles. The van der Waals surface area contributed by atoms with Crippen molar-refractivity contribution < 1.29 is 4.92 Å². The van der Waals surface area contributed by atoms with Crippen molar-refractivity contribution in [3.63, 3.8) is 0 Å². The van der Waals surface area contributed by atoms with Crippen LogP contribution in [0, 0.1) is 24.0 Å². The van der Waals surface area contributed by atoms with Crippen LogP contribution in [0.2, 0.25) is 0 Å². The Kier molecular flexibility index (Phi) is 4.14. The number of nitro benzene ring substituents is 1. The molecule has 2 heterocycles. The third-order valence-corrected chi connectivity index (χ3v) is 4.28. The fourth-order valence-electron chi connectivity index (χ4n) is 3.14. The van der Waals surface area contributed by atoms with Crippen molar-refractivity contribution in [3.8, 4) is 0 Å². The van der Waals surface area contributed by atoms with Crippen molar-refractivity contribution in [1.82, 2.24) is 4.98 Å². The Balaban J connectivity index is 1.74. The number of anilines is 2. The minimum atomic E-state index is -0.298. The molecular weight excluding hydrogens is 292 g/mol. The highest BCUT2D eigenvalue weighted by Gasteiger charge is 2.21. The first-order valence-electron chi connectivity index (χ1n) is 7.73. The highest BCUT2D eigenvalue weighted by atomic mass is 16.6. The van der Waals surface area contributed by atoms with Gasteiger partial charge in [0.1, 0.15) is 5.82 Å². The molecule has 0 spiro atoms. The Morgan fingerprint density at radius 3 is 2.17 bits per heavy atom. The number of aromatic nitrogens is 1. The highest BCUT2D eigenvalue weighted by Crippen LogP contribution is 2.29. The van der Waals surface area contributed by atoms with Crippen LogP contribution in [0.5, 0.6) is 0 Å². The van der Waals surface area contributed by atoms with Gasteiger partial charge >= 0.3 is 0 Å². The van der Waals surface area contributed by atoms with Gasteiger partial charge in [0.25, 0.3) is 5.69 Å². The second-order valence-electron chi connectivity index (χ2n) is 5.85. The van der Waals surface area contributed by atoms with Gasteiger partial charge in [0.05, 0.1) is 4.92 Å². The predicted octanol–water partition coefficient (Wildman–Crippen LogP) is 2.93. The van der Waals surface area contributed by atoms with Gasteiger partial charge in [-0.25, -0.2) is 4.98 Å². The molecule has 1 aliphatic rings. The zero-order valence-electron chi connectivity index (χ0n) is 13.4. The second kappa shape index (κ2) is 6.24. The summed E-state index contributed by atoms with van der Waals surface area (Å²) in [6.07, 6.45) is 1.81. The molecular formula is C17H20N4O2. The Bertz CT molecular complexity index is 687. The zero-order valence-corrected chi connectivity index (χ0v) is 13.4. The SMILES string of the molecule is Cc1cc(N2CCN(c3ccccn3)CC2)cc(C)c1[N+](=O)[O-]. The number of aryl methyl sites for hydroxylation is 2. The maximum atomic E-state index is 11.1. The van der Waals surface area contributed by atoms with Gasteiger partial charge in [-0.2, -0.15) is 0 Å². The number of piperazine rings is 1. The van der Waals surface area contributed by atoms with Gasteiger partial charge in [0, 0.05) is 49.2 Å². The molecule has 3 rings (SSSR count). The van der Waals surface area contributed by atoms with Crippen LogP contribution in [0.3, 0.4) is 0 Å². The second-order valence-corrected chi connectivity index (χ2v) is 5.85. The van der Waals surface area contributed by atoms with Crippen LogP contribution in [-0.2, 0) is 0 Å². The highest BCUT2D eigenvalue weighted by molar-refractivity contribution is 5.60. The van der Waals surface area contributed by atoms with Gasteiger partial charge in [-0.1, -0.05) is 6.07 Å². The molecule has 0 bridgehead atoms. The average molecular weight is 312 g/mol. The van der Waals surface area contributed by atoms with Crippen molar-refractivity contribution in [2.45, 2.75) is 13.8 Å². The number of pyridine rings is 1. The van der Waals surface area contributed by atoms with Crippen LogP contribution in [0.1, 0.15) is 11.1 Å². The molecule has 1 fully saturated rings. The summed E-state index contributed by atoms with van der Waals surface area (Å²) in [5.74, 6) is 1.00. The summed E-state index contributed by atoms with van der Waals surface area (Å²) >= 11 is 0. The summed E-state index contributed by atoms with van der Waals surface area (Å²) in [5.41, 5.74) is 2.72. The topological polar surface area (TPSA) is 62.5 Å². The van der Waals surface area contributed by atoms with Crippen molar-refractivity contribution in [1.29, 1.82) is 0 Å². The summed E-state index contributed by atoms with van der Waals surface area (Å²) in [7, 11) is 0. The first kappa shape index (κ1) is 15.3. The van der Waals surface area contributed by atoms with Gasteiger partial charge in [-0.15, -0.1) is 0 Å². The molecule has 0 unspecified atom stereocenters. The molecule has 1 saturated heterocycles. The summed E-state index contributed by atoms with van der Waals surface area (Å²) < 4.78 is 0. The summed E-state index contributed by atoms with van der Waals surface area (Å²) in [5, 5.41) is 11.1. The third kappa shape index (κ3) is 3.11. The van der Waals surface area contributed by atoms with E-state index in [9.17, 15) is 10.1 Å². The standard InChI is InChI=1S/C17H20N4O2/c1-13-11-15(12-14(2)17(13)21(22)23)19-7-9-20(10-8-19)16-5-3-4-6-18-16/h3-6,11-12H,7-10H2,1-2H3. The van der Waals surface area contributed by atoms with Crippen molar-refractivity contribution in [2.75, 3.05) is 36.0 Å². The van der Waals surface area contributed by atoms with Crippen molar-refractivity contribution in [2.24, 2.45) is 0 Å². The van der Waals surface area contributed by atoms with Gasteiger partial charge in [-0.05, 0) is 38.1 Å². The lowest BCUT2D eigenvalue weighted by molar-refractivity contribution is -0.386. The summed E-state index contributed by atoms with van der Waals surface area (Å²) in [4.78, 5) is 19.7. The first-order chi connectivity index (χ1) is 11.1. The molecule has 120 valence electrons. The number of rotatable bonds is 3. The minimum absolute atomic E-state index is 0.223. The zero-order chi connectivity index (χ0) is 16.4. The van der Waals surface area contributed by atoms with Crippen molar-refractivity contribution >= 4 is 17.2 Å².